The lowest BCUT2D eigenvalue weighted by Crippen LogP contribution is -2.01. The van der Waals surface area contributed by atoms with Gasteiger partial charge in [0.1, 0.15) is 33.5 Å². The van der Waals surface area contributed by atoms with Crippen LogP contribution in [0.25, 0.3) is 225 Å². The van der Waals surface area contributed by atoms with E-state index in [0.29, 0.717) is 17.5 Å². The normalized spacial score (nSPS) is 12.0. The first kappa shape index (κ1) is 59.3. The molecule has 0 atom stereocenters. The Labute approximate surface area is 597 Å². The fourth-order valence-corrected chi connectivity index (χ4v) is 17.0. The van der Waals surface area contributed by atoms with Gasteiger partial charge in [0.15, 0.2) is 17.5 Å². The van der Waals surface area contributed by atoms with E-state index in [2.05, 4.69) is 227 Å². The molecular weight excluding hydrogens is 1300 g/mol. The van der Waals surface area contributed by atoms with Crippen molar-refractivity contribution in [3.63, 3.8) is 0 Å². The van der Waals surface area contributed by atoms with Crippen molar-refractivity contribution in [1.82, 2.24) is 29.5 Å². The van der Waals surface area contributed by atoms with Gasteiger partial charge in [0.2, 0.25) is 0 Å². The zero-order chi connectivity index (χ0) is 67.5. The summed E-state index contributed by atoms with van der Waals surface area (Å²) in [5.41, 5.74) is 18.3. The molecule has 0 aliphatic rings. The zero-order valence-corrected chi connectivity index (χ0v) is 55.6. The number of H-pyrrole nitrogens is 2. The van der Waals surface area contributed by atoms with Gasteiger partial charge in [-0.25, -0.2) is 15.0 Å². The summed E-state index contributed by atoms with van der Waals surface area (Å²) in [6.45, 7) is 0. The molecule has 0 bridgehead atoms. The minimum atomic E-state index is 0. The number of rotatable bonds is 5. The Balaban J connectivity index is 0.000000109. The number of furan rings is 3. The van der Waals surface area contributed by atoms with E-state index >= 15 is 0 Å². The van der Waals surface area contributed by atoms with Gasteiger partial charge in [0.25, 0.3) is 0 Å². The summed E-state index contributed by atoms with van der Waals surface area (Å²) in [5.74, 6) is 1.91. The molecule has 2 N–H and O–H groups in total. The highest BCUT2D eigenvalue weighted by atomic mass is 35.5. The van der Waals surface area contributed by atoms with Crippen molar-refractivity contribution in [3.8, 4) is 51.0 Å². The molecule has 7 heterocycles. The SMILES string of the molecule is C.Clc1ccccc1-c1cccc2[nH]c3ccc4oc5ccccc5c4c3c12.c1ccc(-c2nc(-c3ccccc3)nc(-c3cccc(-n4c5cccc6c7ccccc7c7cccc8oc9ccc4c(c9c87)c65)c3)n2)cc1.c1ccc2c(c1)c1cccc3[nH]c4ccc5oc6cccc2c6c5c4c31. The fraction of sp³-hybridized carbons (Fsp3) is 0.0106. The highest BCUT2D eigenvalue weighted by Gasteiger charge is 2.26. The summed E-state index contributed by atoms with van der Waals surface area (Å²) < 4.78 is 21.3. The fourth-order valence-electron chi connectivity index (χ4n) is 16.8. The number of benzene rings is 15. The van der Waals surface area contributed by atoms with Crippen LogP contribution in [0.15, 0.2) is 323 Å². The average Bonchev–Trinajstić information content (AvgIpc) is 1.52. The molecule has 9 nitrogen and oxygen atoms in total. The number of para-hydroxylation sites is 1. The van der Waals surface area contributed by atoms with Gasteiger partial charge in [-0.1, -0.05) is 237 Å². The zero-order valence-electron chi connectivity index (χ0n) is 54.8. The third-order valence-electron chi connectivity index (χ3n) is 21.0. The topological polar surface area (TPSA) is 115 Å². The number of fused-ring (bicyclic) bond motifs is 13. The van der Waals surface area contributed by atoms with Crippen molar-refractivity contribution < 1.29 is 13.3 Å². The highest BCUT2D eigenvalue weighted by molar-refractivity contribution is 6.40. The van der Waals surface area contributed by atoms with Gasteiger partial charge in [-0.15, -0.1) is 0 Å². The van der Waals surface area contributed by atoms with E-state index in [0.717, 1.165) is 121 Å². The molecule has 0 aliphatic heterocycles. The lowest BCUT2D eigenvalue weighted by molar-refractivity contribution is 0.669. The van der Waals surface area contributed by atoms with E-state index < -0.39 is 0 Å². The van der Waals surface area contributed by atoms with E-state index in [-0.39, 0.29) is 7.43 Å². The van der Waals surface area contributed by atoms with Crippen molar-refractivity contribution in [1.29, 1.82) is 0 Å². The molecule has 24 rings (SSSR count). The Hall–Kier alpha value is -13.6. The molecule has 10 heteroatoms. The molecule has 0 radical (unpaired) electrons. The van der Waals surface area contributed by atoms with Crippen LogP contribution >= 0.6 is 11.6 Å². The van der Waals surface area contributed by atoms with Gasteiger partial charge in [0, 0.05) is 120 Å². The predicted molar refractivity (Wildman–Crippen MR) is 433 cm³/mol. The van der Waals surface area contributed by atoms with Crippen molar-refractivity contribution in [2.24, 2.45) is 0 Å². The molecule has 0 saturated carbocycles. The predicted octanol–water partition coefficient (Wildman–Crippen LogP) is 26.8. The standard InChI is InChI=1S/C45H26N4O.C24H14ClNO.C24H13NO.CH4/c1-3-12-27(13-4-1)43-46-44(28-14-5-2-6-15-28)48-45(47-43)29-16-9-17-30(26-29)49-35-22-10-20-33-31-18-7-8-19-32(31)34-21-11-23-37-40(34)42-38(50-37)25-24-36(49)41(42)39(33)35;25-17-9-3-1-6-14(17)15-8-5-10-18-22(15)24-19(26-18)12-13-21-23(24)16-7-2-4-11-20(16)27-21;1-2-6-14-13(5-1)15-7-3-9-17-21(15)23-18(25-17)11-12-20-24(23)22-16(14)8-4-10-19(22)26-20;/h1-26H;1-13,26H;1-12,25H;1H4. The molecule has 0 fully saturated rings. The third kappa shape index (κ3) is 8.78. The van der Waals surface area contributed by atoms with E-state index in [9.17, 15) is 0 Å². The molecule has 7 aromatic heterocycles. The quantitative estimate of drug-likeness (QED) is 0.177. The number of nitrogens with zero attached hydrogens (tertiary/aromatic N) is 4. The van der Waals surface area contributed by atoms with Gasteiger partial charge in [0.05, 0.1) is 11.0 Å². The highest BCUT2D eigenvalue weighted by Crippen LogP contribution is 2.50. The second kappa shape index (κ2) is 23.0. The Bertz CT molecular complexity index is 7410. The molecule has 488 valence electrons. The maximum atomic E-state index is 6.55. The molecule has 0 unspecified atom stereocenters. The molecule has 0 aliphatic carbocycles. The summed E-state index contributed by atoms with van der Waals surface area (Å²) in [7, 11) is 0. The Morgan fingerprint density at radius 1 is 0.250 bits per heavy atom. The minimum absolute atomic E-state index is 0. The van der Waals surface area contributed by atoms with E-state index in [4.69, 9.17) is 39.8 Å². The smallest absolute Gasteiger partial charge is 0.164 e. The van der Waals surface area contributed by atoms with Crippen LogP contribution in [-0.2, 0) is 0 Å². The number of halogens is 1. The molecule has 0 amide bonds. The van der Waals surface area contributed by atoms with Gasteiger partial charge in [-0.2, -0.15) is 0 Å². The van der Waals surface area contributed by atoms with Gasteiger partial charge < -0.3 is 27.8 Å². The van der Waals surface area contributed by atoms with E-state index in [1.54, 1.807) is 0 Å². The number of hydrogen-bond acceptors (Lipinski definition) is 6. The largest absolute Gasteiger partial charge is 0.456 e. The van der Waals surface area contributed by atoms with Crippen LogP contribution in [0.4, 0.5) is 0 Å². The first-order valence-electron chi connectivity index (χ1n) is 34.6. The third-order valence-corrected chi connectivity index (χ3v) is 21.4. The summed E-state index contributed by atoms with van der Waals surface area (Å²) in [6.07, 6.45) is 0. The van der Waals surface area contributed by atoms with E-state index in [1.165, 1.54) is 91.7 Å². The lowest BCUT2D eigenvalue weighted by Gasteiger charge is -2.11. The second-order valence-corrected chi connectivity index (χ2v) is 27.0. The molecule has 24 aromatic rings. The maximum absolute atomic E-state index is 6.55. The van der Waals surface area contributed by atoms with Gasteiger partial charge in [-0.3, -0.25) is 0 Å². The van der Waals surface area contributed by atoms with Gasteiger partial charge >= 0.3 is 0 Å². The Morgan fingerprint density at radius 2 is 0.635 bits per heavy atom. The summed E-state index contributed by atoms with van der Waals surface area (Å²) in [5, 5.41) is 25.0. The number of aromatic amines is 2. The van der Waals surface area contributed by atoms with Crippen LogP contribution in [0.5, 0.6) is 0 Å². The van der Waals surface area contributed by atoms with E-state index in [1.807, 2.05) is 97.1 Å². The summed E-state index contributed by atoms with van der Waals surface area (Å²) in [6, 6.07) is 107. The summed E-state index contributed by atoms with van der Waals surface area (Å²) in [4.78, 5) is 22.1. The first-order chi connectivity index (χ1) is 51.0. The lowest BCUT2D eigenvalue weighted by atomic mass is 9.95. The Morgan fingerprint density at radius 3 is 1.26 bits per heavy atom. The average molecular weight is 1350 g/mol. The molecular formula is C94H57ClN6O3. The monoisotopic (exact) mass is 1350 g/mol. The minimum Gasteiger partial charge on any atom is -0.456 e. The van der Waals surface area contributed by atoms with Crippen LogP contribution in [0.2, 0.25) is 5.02 Å². The number of aromatic nitrogens is 6. The molecule has 17 aromatic carbocycles. The van der Waals surface area contributed by atoms with Crippen LogP contribution in [-0.4, -0.2) is 29.5 Å². The van der Waals surface area contributed by atoms with Crippen LogP contribution in [0.1, 0.15) is 7.43 Å². The summed E-state index contributed by atoms with van der Waals surface area (Å²) >= 11 is 6.54. The van der Waals surface area contributed by atoms with Crippen molar-refractivity contribution in [2.75, 3.05) is 0 Å². The molecule has 0 saturated heterocycles. The molecule has 104 heavy (non-hydrogen) atoms. The second-order valence-electron chi connectivity index (χ2n) is 26.6. The van der Waals surface area contributed by atoms with Gasteiger partial charge in [-0.05, 0) is 140 Å². The molecule has 0 spiro atoms. The maximum Gasteiger partial charge on any atom is 0.164 e. The number of hydrogen-bond donors (Lipinski definition) is 2. The van der Waals surface area contributed by atoms with Crippen LogP contribution < -0.4 is 0 Å². The van der Waals surface area contributed by atoms with Crippen molar-refractivity contribution in [3.05, 3.63) is 314 Å². The first-order valence-corrected chi connectivity index (χ1v) is 35.0. The van der Waals surface area contributed by atoms with Crippen LogP contribution in [0, 0.1) is 0 Å². The van der Waals surface area contributed by atoms with Crippen molar-refractivity contribution in [2.45, 2.75) is 7.43 Å². The number of nitrogens with one attached hydrogen (secondary N) is 2. The van der Waals surface area contributed by atoms with Crippen molar-refractivity contribution >= 4 is 186 Å². The van der Waals surface area contributed by atoms with Crippen LogP contribution in [0.3, 0.4) is 0 Å². The Kier molecular flexibility index (Phi) is 13.1.